The molecule has 13 nitrogen and oxygen atoms in total. The molecule has 8 bridgehead atoms. The average Bonchev–Trinajstić information content (AvgIpc) is 3.15. The second-order valence-corrected chi connectivity index (χ2v) is 26.4. The van der Waals surface area contributed by atoms with E-state index >= 15 is 0 Å². The molecule has 8 saturated carbocycles. The first-order valence-electron chi connectivity index (χ1n) is 25.8. The molecule has 0 spiro atoms. The summed E-state index contributed by atoms with van der Waals surface area (Å²) < 4.78 is 41.2. The molecule has 2 N–H and O–H groups in total. The molecule has 0 amide bonds. The average molecular weight is 1010 g/mol. The minimum atomic E-state index is -0.858. The molecule has 8 fully saturated rings. The second kappa shape index (κ2) is 25.9. The molecule has 406 valence electrons. The van der Waals surface area contributed by atoms with Crippen LogP contribution in [0.25, 0.3) is 0 Å². The maximum Gasteiger partial charge on any atom is 0.333 e. The zero-order valence-corrected chi connectivity index (χ0v) is 47.8. The third kappa shape index (κ3) is 21.0. The molecule has 0 saturated heterocycles. The Hall–Kier alpha value is -2.12. The van der Waals surface area contributed by atoms with Gasteiger partial charge in [-0.05, 0) is 115 Å². The van der Waals surface area contributed by atoms with E-state index in [0.29, 0.717) is 80.5 Å². The van der Waals surface area contributed by atoms with E-state index in [1.807, 2.05) is 0 Å². The number of aliphatic hydroxyl groups is 2. The summed E-state index contributed by atoms with van der Waals surface area (Å²) >= 11 is 5.29. The quantitative estimate of drug-likeness (QED) is 0.0465. The van der Waals surface area contributed by atoms with E-state index in [-0.39, 0.29) is 41.7 Å². The van der Waals surface area contributed by atoms with Crippen molar-refractivity contribution >= 4 is 23.5 Å². The van der Waals surface area contributed by atoms with Crippen LogP contribution in [-0.4, -0.2) is 119 Å². The van der Waals surface area contributed by atoms with Gasteiger partial charge in [0.2, 0.25) is 0 Å². The van der Waals surface area contributed by atoms with E-state index < -0.39 is 39.6 Å². The first kappa shape index (κ1) is 64.0. The standard InChI is InChI=1S/C26H44O6.C14H20O4.C8H19N.C6H13ClO.C2H3N/c1-19(2)21(27)32-26-11-20-9-24(13-26,30-17-28-15-22(3,4)5)12-25(10-20,14-26)31-18-29-16-23(6,7)8;1-9(2)11(15)18-14-5-10-3-12(16,7-14)6-13(17,4-10)8-14;1-6-9(7(2)3)8(4)5;1-6(2,3)4-8-5-7;1-2-3/h20H,1,9-18H2,2-8H3;10,16-17H,1,3-8H2,2H3;7-8H,6H2,1-5H3;4-5H2,1-3H3;1H3. The van der Waals surface area contributed by atoms with Gasteiger partial charge in [0.25, 0.3) is 0 Å². The van der Waals surface area contributed by atoms with Gasteiger partial charge < -0.3 is 43.4 Å². The maximum absolute atomic E-state index is 12.5. The number of rotatable bonds is 17. The number of hydrogen-bond donors (Lipinski definition) is 2. The van der Waals surface area contributed by atoms with E-state index in [0.717, 1.165) is 58.1 Å². The van der Waals surface area contributed by atoms with E-state index in [9.17, 15) is 19.8 Å². The van der Waals surface area contributed by atoms with E-state index in [4.69, 9.17) is 50.0 Å². The molecular weight excluding hydrogens is 912 g/mol. The van der Waals surface area contributed by atoms with Crippen LogP contribution in [0.4, 0.5) is 0 Å². The number of esters is 2. The van der Waals surface area contributed by atoms with Crippen LogP contribution in [-0.2, 0) is 42.7 Å². The highest BCUT2D eigenvalue weighted by molar-refractivity contribution is 6.17. The van der Waals surface area contributed by atoms with Crippen molar-refractivity contribution in [2.75, 3.05) is 46.0 Å². The fourth-order valence-corrected chi connectivity index (χ4v) is 12.3. The smallest absolute Gasteiger partial charge is 0.333 e. The minimum Gasteiger partial charge on any atom is -0.455 e. The summed E-state index contributed by atoms with van der Waals surface area (Å²) in [5, 5.41) is 28.3. The molecule has 0 aliphatic heterocycles. The highest BCUT2D eigenvalue weighted by Gasteiger charge is 2.67. The molecular formula is C56H99ClN2O11. The summed E-state index contributed by atoms with van der Waals surface area (Å²) in [6.45, 7) is 46.1. The number of carbonyl (C=O) groups is 2. The van der Waals surface area contributed by atoms with Gasteiger partial charge in [0, 0.05) is 68.7 Å². The van der Waals surface area contributed by atoms with Crippen LogP contribution in [0.3, 0.4) is 0 Å². The number of carbonyl (C=O) groups excluding carboxylic acids is 2. The van der Waals surface area contributed by atoms with Gasteiger partial charge in [-0.3, -0.25) is 4.90 Å². The first-order valence-corrected chi connectivity index (χ1v) is 26.3. The normalized spacial score (nSPS) is 31.2. The maximum atomic E-state index is 12.5. The summed E-state index contributed by atoms with van der Waals surface area (Å²) in [5.41, 5.74) is -2.59. The van der Waals surface area contributed by atoms with Crippen molar-refractivity contribution in [3.63, 3.8) is 0 Å². The number of alkyl halides is 1. The Kier molecular flexibility index (Phi) is 23.7. The lowest BCUT2D eigenvalue weighted by Gasteiger charge is -2.64. The largest absolute Gasteiger partial charge is 0.455 e. The van der Waals surface area contributed by atoms with Gasteiger partial charge >= 0.3 is 11.9 Å². The molecule has 0 heterocycles. The van der Waals surface area contributed by atoms with Gasteiger partial charge in [-0.1, -0.05) is 94.0 Å². The Morgan fingerprint density at radius 2 is 0.943 bits per heavy atom. The predicted molar refractivity (Wildman–Crippen MR) is 278 cm³/mol. The molecule has 0 radical (unpaired) electrons. The topological polar surface area (TPSA) is 166 Å². The number of nitrogens with zero attached hydrogens (tertiary/aromatic N) is 2. The molecule has 0 aromatic rings. The summed E-state index contributed by atoms with van der Waals surface area (Å²) in [4.78, 5) is 26.7. The molecule has 8 aliphatic carbocycles. The number of ether oxygens (including phenoxy) is 7. The van der Waals surface area contributed by atoms with Crippen LogP contribution in [0.15, 0.2) is 24.3 Å². The van der Waals surface area contributed by atoms with Gasteiger partial charge in [-0.2, -0.15) is 5.26 Å². The Bertz CT molecular complexity index is 1680. The molecule has 4 atom stereocenters. The van der Waals surface area contributed by atoms with Crippen LogP contribution < -0.4 is 0 Å². The lowest BCUT2D eigenvalue weighted by molar-refractivity contribution is -0.309. The van der Waals surface area contributed by atoms with Gasteiger partial charge in [-0.25, -0.2) is 9.59 Å². The van der Waals surface area contributed by atoms with Crippen LogP contribution >= 0.6 is 11.6 Å². The zero-order valence-electron chi connectivity index (χ0n) is 47.0. The van der Waals surface area contributed by atoms with Crippen molar-refractivity contribution in [2.24, 2.45) is 28.1 Å². The third-order valence-electron chi connectivity index (χ3n) is 13.5. The van der Waals surface area contributed by atoms with Crippen LogP contribution in [0, 0.1) is 39.4 Å². The lowest BCUT2D eigenvalue weighted by atomic mass is 9.50. The van der Waals surface area contributed by atoms with Gasteiger partial charge in [0.1, 0.15) is 30.9 Å². The fraction of sp³-hybridized carbons (Fsp3) is 0.875. The molecule has 70 heavy (non-hydrogen) atoms. The molecule has 14 heteroatoms. The Morgan fingerprint density at radius 1 is 0.629 bits per heavy atom. The Balaban J connectivity index is 0.000000368. The number of hydrogen-bond acceptors (Lipinski definition) is 13. The minimum absolute atomic E-state index is 0.0811. The summed E-state index contributed by atoms with van der Waals surface area (Å²) in [6.07, 6.45) is 8.44. The summed E-state index contributed by atoms with van der Waals surface area (Å²) in [7, 11) is 0. The SMILES string of the molecule is C=C(C)C(=O)OC12CC3CC(O)(CC(O)(C3)C1)C2.C=C(C)C(=O)OC12CC3CC(OCOCC(C)(C)C)(CC(OCOCC(C)(C)C)(C3)C1)C2.CC#N.CC(C)(C)COCCl.CCN(C(C)C)C(C)C. The monoisotopic (exact) mass is 1010 g/mol. The van der Waals surface area contributed by atoms with Crippen LogP contribution in [0.5, 0.6) is 0 Å². The molecule has 0 aromatic heterocycles. The van der Waals surface area contributed by atoms with Crippen molar-refractivity contribution in [3.8, 4) is 6.07 Å². The van der Waals surface area contributed by atoms with Gasteiger partial charge in [0.15, 0.2) is 0 Å². The Labute approximate surface area is 430 Å². The van der Waals surface area contributed by atoms with Crippen molar-refractivity contribution in [3.05, 3.63) is 24.3 Å². The zero-order chi connectivity index (χ0) is 53.8. The fourth-order valence-electron chi connectivity index (χ4n) is 12.2. The predicted octanol–water partition coefficient (Wildman–Crippen LogP) is 11.6. The first-order chi connectivity index (χ1) is 31.9. The second-order valence-electron chi connectivity index (χ2n) is 26.1. The summed E-state index contributed by atoms with van der Waals surface area (Å²) in [6, 6.07) is 3.43. The van der Waals surface area contributed by atoms with Crippen molar-refractivity contribution in [1.82, 2.24) is 4.90 Å². The molecule has 4 unspecified atom stereocenters. The van der Waals surface area contributed by atoms with E-state index in [1.54, 1.807) is 19.9 Å². The Morgan fingerprint density at radius 3 is 1.21 bits per heavy atom. The van der Waals surface area contributed by atoms with Crippen LogP contribution in [0.2, 0.25) is 0 Å². The van der Waals surface area contributed by atoms with Crippen molar-refractivity contribution in [2.45, 2.75) is 240 Å². The molecule has 0 aromatic carbocycles. The van der Waals surface area contributed by atoms with Gasteiger partial charge in [0.05, 0.1) is 48.3 Å². The highest BCUT2D eigenvalue weighted by atomic mass is 35.5. The van der Waals surface area contributed by atoms with Crippen LogP contribution in [0.1, 0.15) is 195 Å². The van der Waals surface area contributed by atoms with Crippen molar-refractivity contribution < 1.29 is 53.0 Å². The number of halogens is 1. The molecule has 8 aliphatic rings. The molecule has 8 rings (SSSR count). The highest BCUT2D eigenvalue weighted by Crippen LogP contribution is 2.63. The third-order valence-corrected chi connectivity index (χ3v) is 13.6. The van der Waals surface area contributed by atoms with Crippen molar-refractivity contribution in [1.29, 1.82) is 5.26 Å². The van der Waals surface area contributed by atoms with E-state index in [2.05, 4.69) is 115 Å². The van der Waals surface area contributed by atoms with E-state index in [1.165, 1.54) is 6.92 Å². The number of nitriles is 1. The lowest BCUT2D eigenvalue weighted by Crippen LogP contribution is -2.68. The van der Waals surface area contributed by atoms with Gasteiger partial charge in [-0.15, -0.1) is 0 Å². The summed E-state index contributed by atoms with van der Waals surface area (Å²) in [5.74, 6) is -0.0991.